The van der Waals surface area contributed by atoms with E-state index in [9.17, 15) is 9.18 Å². The van der Waals surface area contributed by atoms with Crippen molar-refractivity contribution in [1.82, 2.24) is 19.9 Å². The van der Waals surface area contributed by atoms with Crippen LogP contribution in [0.3, 0.4) is 0 Å². The zero-order chi connectivity index (χ0) is 35.0. The van der Waals surface area contributed by atoms with Crippen LogP contribution >= 0.6 is 0 Å². The van der Waals surface area contributed by atoms with Gasteiger partial charge >= 0.3 is 12.0 Å². The van der Waals surface area contributed by atoms with Gasteiger partial charge in [-0.1, -0.05) is 13.0 Å². The van der Waals surface area contributed by atoms with E-state index in [0.717, 1.165) is 19.4 Å². The van der Waals surface area contributed by atoms with Crippen LogP contribution in [0.1, 0.15) is 51.0 Å². The van der Waals surface area contributed by atoms with Crippen LogP contribution in [0, 0.1) is 17.6 Å². The lowest BCUT2D eigenvalue weighted by Crippen LogP contribution is -2.43. The molecular formula is C37H42F3N5O5. The van der Waals surface area contributed by atoms with E-state index in [2.05, 4.69) is 14.9 Å². The first-order valence-corrected chi connectivity index (χ1v) is 17.3. The minimum Gasteiger partial charge on any atom is -0.469 e. The lowest BCUT2D eigenvalue weighted by molar-refractivity contribution is -0.145. The second-order valence-electron chi connectivity index (χ2n) is 13.5. The van der Waals surface area contributed by atoms with E-state index in [1.807, 2.05) is 11.8 Å². The summed E-state index contributed by atoms with van der Waals surface area (Å²) in [6, 6.07) is 6.41. The second kappa shape index (κ2) is 14.2. The molecule has 4 aromatic rings. The SMILES string of the molecule is CCc1c(F)ccc2cc(OCOC)cc(-c3ncc4c(N5CCCC(C(=O)OC)CC5)nc(OC[C@@]56CCCN5C[C@H](F)C6)nc4c3F)c12. The van der Waals surface area contributed by atoms with Crippen LogP contribution in [0.15, 0.2) is 30.5 Å². The normalized spacial score (nSPS) is 22.6. The van der Waals surface area contributed by atoms with Crippen LogP contribution in [-0.2, 0) is 20.7 Å². The molecule has 0 bridgehead atoms. The number of halogens is 3. The second-order valence-corrected chi connectivity index (χ2v) is 13.5. The third kappa shape index (κ3) is 6.30. The Kier molecular flexibility index (Phi) is 9.71. The molecular weight excluding hydrogens is 651 g/mol. The monoisotopic (exact) mass is 693 g/mol. The minimum absolute atomic E-state index is 0.00912. The standard InChI is InChI=1S/C37H42F3N5O5/c1-4-26-29(39)9-8-23-15-25(50-21-47-2)16-27(30(23)26)32-31(40)33-28(18-41-32)34(44-12-5-7-22(10-14-44)35(46)48-3)43-36(42-33)49-20-37-11-6-13-45(37)19-24(38)17-37/h8-9,15-16,18,22,24H,4-7,10-14,17,19-21H2,1-3H3/t22?,24-,37+/m1/s1. The van der Waals surface area contributed by atoms with E-state index in [1.165, 1.54) is 26.5 Å². The number of pyridine rings is 1. The topological polar surface area (TPSA) is 99.1 Å². The zero-order valence-electron chi connectivity index (χ0n) is 28.6. The van der Waals surface area contributed by atoms with Gasteiger partial charge in [0, 0.05) is 44.9 Å². The molecule has 2 aromatic heterocycles. The van der Waals surface area contributed by atoms with E-state index in [4.69, 9.17) is 23.9 Å². The lowest BCUT2D eigenvalue weighted by Gasteiger charge is -2.31. The fraction of sp³-hybridized carbons (Fsp3) is 0.514. The van der Waals surface area contributed by atoms with Crippen molar-refractivity contribution < 1.29 is 36.9 Å². The van der Waals surface area contributed by atoms with Crippen LogP contribution < -0.4 is 14.4 Å². The average Bonchev–Trinajstić information content (AvgIpc) is 3.53. The van der Waals surface area contributed by atoms with Gasteiger partial charge in [0.25, 0.3) is 0 Å². The number of nitrogens with zero attached hydrogens (tertiary/aromatic N) is 5. The predicted molar refractivity (Wildman–Crippen MR) is 182 cm³/mol. The molecule has 3 saturated heterocycles. The summed E-state index contributed by atoms with van der Waals surface area (Å²) in [6.07, 6.45) is 4.95. The van der Waals surface area contributed by atoms with Gasteiger partial charge in [-0.05, 0) is 79.6 Å². The maximum Gasteiger partial charge on any atom is 0.319 e. The average molecular weight is 694 g/mol. The van der Waals surface area contributed by atoms with E-state index < -0.39 is 23.3 Å². The third-order valence-corrected chi connectivity index (χ3v) is 10.5. The van der Waals surface area contributed by atoms with Gasteiger partial charge in [-0.2, -0.15) is 9.97 Å². The molecule has 3 aliphatic heterocycles. The molecule has 2 aromatic carbocycles. The summed E-state index contributed by atoms with van der Waals surface area (Å²) in [6.45, 7) is 4.18. The minimum atomic E-state index is -0.936. The zero-order valence-corrected chi connectivity index (χ0v) is 28.6. The van der Waals surface area contributed by atoms with Gasteiger partial charge in [0.15, 0.2) is 12.6 Å². The van der Waals surface area contributed by atoms with Crippen LogP contribution in [0.5, 0.6) is 11.8 Å². The largest absolute Gasteiger partial charge is 0.469 e. The number of anilines is 1. The molecule has 3 fully saturated rings. The first kappa shape index (κ1) is 34.2. The molecule has 5 heterocycles. The van der Waals surface area contributed by atoms with Gasteiger partial charge in [0.2, 0.25) is 0 Å². The van der Waals surface area contributed by atoms with Gasteiger partial charge in [-0.15, -0.1) is 0 Å². The van der Waals surface area contributed by atoms with Crippen molar-refractivity contribution in [2.24, 2.45) is 5.92 Å². The maximum absolute atomic E-state index is 17.1. The Balaban J connectivity index is 1.36. The third-order valence-electron chi connectivity index (χ3n) is 10.5. The molecule has 1 unspecified atom stereocenters. The summed E-state index contributed by atoms with van der Waals surface area (Å²) < 4.78 is 69.0. The molecule has 0 aliphatic carbocycles. The Hall–Kier alpha value is -4.23. The number of rotatable bonds is 10. The Morgan fingerprint density at radius 2 is 1.92 bits per heavy atom. The predicted octanol–water partition coefficient (Wildman–Crippen LogP) is 6.40. The van der Waals surface area contributed by atoms with Crippen molar-refractivity contribution in [1.29, 1.82) is 0 Å². The molecule has 0 N–H and O–H groups in total. The number of aromatic nitrogens is 3. The summed E-state index contributed by atoms with van der Waals surface area (Å²) in [4.78, 5) is 30.6. The van der Waals surface area contributed by atoms with Crippen molar-refractivity contribution in [2.75, 3.05) is 58.7 Å². The number of carbonyl (C=O) groups excluding carboxylic acids is 1. The molecule has 0 spiro atoms. The van der Waals surface area contributed by atoms with Crippen molar-refractivity contribution in [3.05, 3.63) is 47.7 Å². The van der Waals surface area contributed by atoms with Gasteiger partial charge in [-0.25, -0.2) is 13.2 Å². The Bertz CT molecular complexity index is 1910. The fourth-order valence-electron chi connectivity index (χ4n) is 8.10. The van der Waals surface area contributed by atoms with Crippen molar-refractivity contribution >= 4 is 33.5 Å². The summed E-state index contributed by atoms with van der Waals surface area (Å²) in [5.74, 6) is -0.790. The molecule has 10 nitrogen and oxygen atoms in total. The molecule has 13 heteroatoms. The van der Waals surface area contributed by atoms with Gasteiger partial charge in [-0.3, -0.25) is 14.7 Å². The van der Waals surface area contributed by atoms with E-state index in [-0.39, 0.29) is 42.5 Å². The van der Waals surface area contributed by atoms with Crippen molar-refractivity contribution in [3.63, 3.8) is 0 Å². The molecule has 266 valence electrons. The Morgan fingerprint density at radius 1 is 1.06 bits per heavy atom. The molecule has 50 heavy (non-hydrogen) atoms. The molecule has 7 rings (SSSR count). The highest BCUT2D eigenvalue weighted by Crippen LogP contribution is 2.42. The molecule has 3 aliphatic rings. The number of hydrogen-bond donors (Lipinski definition) is 0. The lowest BCUT2D eigenvalue weighted by atomic mass is 9.94. The summed E-state index contributed by atoms with van der Waals surface area (Å²) in [7, 11) is 2.89. The number of benzene rings is 2. The van der Waals surface area contributed by atoms with Gasteiger partial charge in [0.1, 0.15) is 41.4 Å². The molecule has 0 amide bonds. The summed E-state index contributed by atoms with van der Waals surface area (Å²) in [5, 5.41) is 1.56. The smallest absolute Gasteiger partial charge is 0.319 e. The van der Waals surface area contributed by atoms with Crippen LogP contribution in [0.2, 0.25) is 0 Å². The number of aryl methyl sites for hydroxylation is 1. The number of hydrogen-bond acceptors (Lipinski definition) is 10. The molecule has 0 saturated carbocycles. The number of fused-ring (bicyclic) bond motifs is 3. The summed E-state index contributed by atoms with van der Waals surface area (Å²) >= 11 is 0. The highest BCUT2D eigenvalue weighted by molar-refractivity contribution is 6.01. The highest BCUT2D eigenvalue weighted by Gasteiger charge is 2.49. The highest BCUT2D eigenvalue weighted by atomic mass is 19.1. The van der Waals surface area contributed by atoms with E-state index >= 15 is 8.78 Å². The molecule has 3 atom stereocenters. The van der Waals surface area contributed by atoms with E-state index in [0.29, 0.717) is 90.6 Å². The Labute approximate surface area is 288 Å². The van der Waals surface area contributed by atoms with Crippen molar-refractivity contribution in [2.45, 2.75) is 63.6 Å². The number of alkyl halides is 1. The van der Waals surface area contributed by atoms with Crippen LogP contribution in [0.25, 0.3) is 32.9 Å². The van der Waals surface area contributed by atoms with Crippen LogP contribution in [0.4, 0.5) is 19.0 Å². The Morgan fingerprint density at radius 3 is 2.72 bits per heavy atom. The van der Waals surface area contributed by atoms with Gasteiger partial charge in [0.05, 0.1) is 24.0 Å². The van der Waals surface area contributed by atoms with E-state index in [1.54, 1.807) is 18.2 Å². The number of esters is 1. The van der Waals surface area contributed by atoms with Gasteiger partial charge < -0.3 is 23.8 Å². The fourth-order valence-corrected chi connectivity index (χ4v) is 8.10. The van der Waals surface area contributed by atoms with Crippen LogP contribution in [-0.4, -0.2) is 91.3 Å². The molecule has 0 radical (unpaired) electrons. The maximum atomic E-state index is 17.1. The summed E-state index contributed by atoms with van der Waals surface area (Å²) in [5.41, 5.74) is 0.281. The first-order chi connectivity index (χ1) is 24.2. The quantitative estimate of drug-likeness (QED) is 0.137. The first-order valence-electron chi connectivity index (χ1n) is 17.3. The number of methoxy groups -OCH3 is 2. The van der Waals surface area contributed by atoms with Crippen molar-refractivity contribution in [3.8, 4) is 23.0 Å². The number of ether oxygens (including phenoxy) is 4. The number of carbonyl (C=O) groups is 1.